The average molecular weight is 362 g/mol. The van der Waals surface area contributed by atoms with E-state index in [0.29, 0.717) is 16.6 Å². The molecular weight excluding hydrogens is 346 g/mol. The summed E-state index contributed by atoms with van der Waals surface area (Å²) in [5, 5.41) is 21.3. The fourth-order valence-corrected chi connectivity index (χ4v) is 3.26. The highest BCUT2D eigenvalue weighted by Gasteiger charge is 2.36. The molecule has 0 saturated heterocycles. The molecule has 0 radical (unpaired) electrons. The third-order valence-electron chi connectivity index (χ3n) is 4.28. The van der Waals surface area contributed by atoms with E-state index in [-0.39, 0.29) is 17.3 Å². The van der Waals surface area contributed by atoms with Crippen molar-refractivity contribution in [1.82, 2.24) is 4.48 Å². The molecule has 0 aliphatic carbocycles. The van der Waals surface area contributed by atoms with E-state index in [2.05, 4.69) is 15.9 Å². The van der Waals surface area contributed by atoms with Gasteiger partial charge in [0.1, 0.15) is 18.0 Å². The molecule has 0 aromatic heterocycles. The van der Waals surface area contributed by atoms with Crippen molar-refractivity contribution in [3.05, 3.63) is 52.0 Å². The van der Waals surface area contributed by atoms with Gasteiger partial charge >= 0.3 is 0 Å². The largest absolute Gasteiger partial charge is 0.870 e. The smallest absolute Gasteiger partial charge is 0.217 e. The van der Waals surface area contributed by atoms with Crippen LogP contribution in [0.4, 0.5) is 5.69 Å². The highest BCUT2D eigenvalue weighted by atomic mass is 79.9. The predicted octanol–water partition coefficient (Wildman–Crippen LogP) is 2.60. The zero-order chi connectivity index (χ0) is 15.9. The summed E-state index contributed by atoms with van der Waals surface area (Å²) in [5.74, 6) is -0.559. The molecule has 1 atom stereocenters. The number of ketones is 1. The van der Waals surface area contributed by atoms with Crippen LogP contribution in [0.25, 0.3) is 0 Å². The number of quaternary nitrogens is 1. The van der Waals surface area contributed by atoms with Crippen LogP contribution in [0.2, 0.25) is 0 Å². The summed E-state index contributed by atoms with van der Waals surface area (Å²) in [5.41, 5.74) is 2.45. The second kappa shape index (κ2) is 5.41. The van der Waals surface area contributed by atoms with Gasteiger partial charge in [0.05, 0.1) is 13.6 Å². The van der Waals surface area contributed by atoms with E-state index in [1.807, 2.05) is 19.2 Å². The van der Waals surface area contributed by atoms with Gasteiger partial charge in [0, 0.05) is 22.0 Å². The van der Waals surface area contributed by atoms with Crippen LogP contribution in [0.3, 0.4) is 0 Å². The van der Waals surface area contributed by atoms with Gasteiger partial charge in [-0.3, -0.25) is 9.28 Å². The van der Waals surface area contributed by atoms with Crippen LogP contribution in [-0.2, 0) is 6.42 Å². The number of Topliss-reactive ketones (excluding diaryl/α,β-unsaturated/α-hetero) is 1. The van der Waals surface area contributed by atoms with E-state index >= 15 is 0 Å². The molecule has 2 aromatic rings. The van der Waals surface area contributed by atoms with Gasteiger partial charge in [-0.2, -0.15) is 0 Å². The Bertz CT molecular complexity index is 742. The molecule has 1 N–H and O–H groups in total. The lowest BCUT2D eigenvalue weighted by Gasteiger charge is -2.30. The van der Waals surface area contributed by atoms with Crippen LogP contribution in [0.15, 0.2) is 40.9 Å². The Labute approximate surface area is 137 Å². The van der Waals surface area contributed by atoms with E-state index in [9.17, 15) is 15.0 Å². The number of carbonyl (C=O) groups is 1. The molecule has 0 bridgehead atoms. The molecule has 0 fully saturated rings. The molecule has 0 saturated carbocycles. The Kier molecular flexibility index (Phi) is 3.70. The third kappa shape index (κ3) is 2.62. The van der Waals surface area contributed by atoms with Gasteiger partial charge < -0.3 is 10.2 Å². The van der Waals surface area contributed by atoms with Crippen molar-refractivity contribution in [3.63, 3.8) is 0 Å². The SMILES string of the molecule is C[N+]1(CC(=O)c2ccc(Br)cc2)CCc2cc(O)c([O-])cc21. The minimum atomic E-state index is -0.388. The number of nitrogens with zero attached hydrogens (tertiary/aromatic N) is 1. The number of aromatic hydroxyl groups is 1. The van der Waals surface area contributed by atoms with E-state index in [4.69, 9.17) is 0 Å². The molecular formula is C17H16BrNO3. The first kappa shape index (κ1) is 15.1. The summed E-state index contributed by atoms with van der Waals surface area (Å²) in [6, 6.07) is 10.3. The number of fused-ring (bicyclic) bond motifs is 1. The molecule has 0 spiro atoms. The average Bonchev–Trinajstić information content (AvgIpc) is 2.77. The summed E-state index contributed by atoms with van der Waals surface area (Å²) in [7, 11) is 1.96. The highest BCUT2D eigenvalue weighted by molar-refractivity contribution is 9.10. The number of carbonyl (C=O) groups excluding carboxylic acids is 1. The summed E-state index contributed by atoms with van der Waals surface area (Å²) in [6.45, 7) is 1.05. The number of halogens is 1. The quantitative estimate of drug-likeness (QED) is 0.675. The number of rotatable bonds is 3. The maximum absolute atomic E-state index is 12.5. The second-order valence-electron chi connectivity index (χ2n) is 5.91. The fourth-order valence-electron chi connectivity index (χ4n) is 3.00. The summed E-state index contributed by atoms with van der Waals surface area (Å²) < 4.78 is 1.34. The second-order valence-corrected chi connectivity index (χ2v) is 6.82. The summed E-state index contributed by atoms with van der Waals surface area (Å²) >= 11 is 3.36. The van der Waals surface area contributed by atoms with E-state index in [1.165, 1.54) is 12.1 Å². The van der Waals surface area contributed by atoms with Gasteiger partial charge in [-0.1, -0.05) is 33.8 Å². The van der Waals surface area contributed by atoms with Gasteiger partial charge in [0.2, 0.25) is 5.78 Å². The molecule has 4 nitrogen and oxygen atoms in total. The van der Waals surface area contributed by atoms with Crippen molar-refractivity contribution < 1.29 is 15.0 Å². The zero-order valence-corrected chi connectivity index (χ0v) is 13.8. The number of phenols is 1. The molecule has 5 heteroatoms. The molecule has 1 unspecified atom stereocenters. The maximum Gasteiger partial charge on any atom is 0.217 e. The van der Waals surface area contributed by atoms with Crippen molar-refractivity contribution in [2.24, 2.45) is 0 Å². The Morgan fingerprint density at radius 3 is 2.68 bits per heavy atom. The van der Waals surface area contributed by atoms with Crippen molar-refractivity contribution >= 4 is 27.4 Å². The van der Waals surface area contributed by atoms with Crippen LogP contribution in [0.5, 0.6) is 11.5 Å². The topological polar surface area (TPSA) is 60.4 Å². The lowest BCUT2D eigenvalue weighted by atomic mass is 10.1. The van der Waals surface area contributed by atoms with Gasteiger partial charge in [0.15, 0.2) is 0 Å². The summed E-state index contributed by atoms with van der Waals surface area (Å²) in [6.07, 6.45) is 0.757. The third-order valence-corrected chi connectivity index (χ3v) is 4.80. The van der Waals surface area contributed by atoms with E-state index in [0.717, 1.165) is 28.7 Å². The number of likely N-dealkylation sites (N-methyl/N-ethyl adjacent to an activating group) is 1. The Balaban J connectivity index is 1.89. The number of benzene rings is 2. The van der Waals surface area contributed by atoms with Crippen LogP contribution in [0.1, 0.15) is 15.9 Å². The van der Waals surface area contributed by atoms with E-state index in [1.54, 1.807) is 12.1 Å². The van der Waals surface area contributed by atoms with Crippen molar-refractivity contribution in [3.8, 4) is 11.5 Å². The lowest BCUT2D eigenvalue weighted by Crippen LogP contribution is -2.47. The number of hydrogen-bond donors (Lipinski definition) is 1. The van der Waals surface area contributed by atoms with Crippen molar-refractivity contribution in [1.29, 1.82) is 0 Å². The Hall–Kier alpha value is -1.85. The van der Waals surface area contributed by atoms with Crippen molar-refractivity contribution in [2.75, 3.05) is 20.1 Å². The molecule has 0 amide bonds. The standard InChI is InChI=1S/C17H16BrNO3/c1-19(10-17(22)11-2-4-13(18)5-3-11)7-6-12-8-15(20)16(21)9-14(12)19/h2-5,8-9H,6-7,10H2,1H3,(H-,20,21). The van der Waals surface area contributed by atoms with Gasteiger partial charge in [-0.15, -0.1) is 0 Å². The normalized spacial score (nSPS) is 19.9. The first-order valence-electron chi connectivity index (χ1n) is 7.06. The van der Waals surface area contributed by atoms with Crippen LogP contribution in [-0.4, -0.2) is 31.0 Å². The minimum absolute atomic E-state index is 0.0448. The maximum atomic E-state index is 12.5. The first-order chi connectivity index (χ1) is 10.4. The monoisotopic (exact) mass is 361 g/mol. The molecule has 22 heavy (non-hydrogen) atoms. The Morgan fingerprint density at radius 1 is 1.32 bits per heavy atom. The molecule has 1 aliphatic rings. The molecule has 3 rings (SSSR count). The van der Waals surface area contributed by atoms with Crippen LogP contribution in [0, 0.1) is 0 Å². The van der Waals surface area contributed by atoms with Gasteiger partial charge in [0.25, 0.3) is 0 Å². The zero-order valence-electron chi connectivity index (χ0n) is 12.2. The van der Waals surface area contributed by atoms with Crippen LogP contribution < -0.4 is 9.59 Å². The molecule has 2 aromatic carbocycles. The molecule has 1 heterocycles. The minimum Gasteiger partial charge on any atom is -0.870 e. The Morgan fingerprint density at radius 2 is 2.00 bits per heavy atom. The summed E-state index contributed by atoms with van der Waals surface area (Å²) in [4.78, 5) is 12.5. The highest BCUT2D eigenvalue weighted by Crippen LogP contribution is 2.39. The van der Waals surface area contributed by atoms with Gasteiger partial charge in [-0.25, -0.2) is 0 Å². The van der Waals surface area contributed by atoms with Crippen molar-refractivity contribution in [2.45, 2.75) is 6.42 Å². The van der Waals surface area contributed by atoms with E-state index < -0.39 is 0 Å². The molecule has 114 valence electrons. The first-order valence-corrected chi connectivity index (χ1v) is 7.85. The van der Waals surface area contributed by atoms with Gasteiger partial charge in [-0.05, 0) is 24.3 Å². The lowest BCUT2D eigenvalue weighted by molar-refractivity contribution is -0.270. The number of phenolic OH excluding ortho intramolecular Hbond substituents is 1. The number of hydrogen-bond acceptors (Lipinski definition) is 3. The van der Waals surface area contributed by atoms with Crippen LogP contribution >= 0.6 is 15.9 Å². The fraction of sp³-hybridized carbons (Fsp3) is 0.235. The molecule has 1 aliphatic heterocycles. The predicted molar refractivity (Wildman–Crippen MR) is 87.2 cm³/mol.